The van der Waals surface area contributed by atoms with E-state index >= 15 is 0 Å². The summed E-state index contributed by atoms with van der Waals surface area (Å²) in [6.45, 7) is 0.190. The molecular weight excluding hydrogens is 458 g/mol. The van der Waals surface area contributed by atoms with Crippen LogP contribution in [0.3, 0.4) is 0 Å². The molecule has 0 unspecified atom stereocenters. The van der Waals surface area contributed by atoms with Crippen LogP contribution in [0.5, 0.6) is 0 Å². The number of hydrogen-bond donors (Lipinski definition) is 1. The molecule has 2 aromatic carbocycles. The van der Waals surface area contributed by atoms with Crippen LogP contribution in [0.15, 0.2) is 71.5 Å². The third kappa shape index (κ3) is 4.54. The molecule has 0 saturated carbocycles. The van der Waals surface area contributed by atoms with E-state index in [0.717, 1.165) is 21.4 Å². The van der Waals surface area contributed by atoms with E-state index in [0.29, 0.717) is 21.9 Å². The van der Waals surface area contributed by atoms with Gasteiger partial charge in [0.1, 0.15) is 0 Å². The van der Waals surface area contributed by atoms with Crippen LogP contribution in [-0.2, 0) is 29.4 Å². The third-order valence-electron chi connectivity index (χ3n) is 5.29. The third-order valence-corrected chi connectivity index (χ3v) is 7.37. The maximum Gasteiger partial charge on any atom is 0.216 e. The van der Waals surface area contributed by atoms with E-state index in [4.69, 9.17) is 0 Å². The number of aryl methyl sites for hydroxylation is 1. The lowest BCUT2D eigenvalue weighted by molar-refractivity contribution is 0.581. The second-order valence-electron chi connectivity index (χ2n) is 7.69. The van der Waals surface area contributed by atoms with Gasteiger partial charge in [-0.05, 0) is 29.1 Å². The highest BCUT2D eigenvalue weighted by molar-refractivity contribution is 7.88. The van der Waals surface area contributed by atoms with Crippen molar-refractivity contribution in [2.75, 3.05) is 0 Å². The first kappa shape index (κ1) is 21.4. The molecule has 10 heteroatoms. The summed E-state index contributed by atoms with van der Waals surface area (Å²) in [4.78, 5) is 22.7. The van der Waals surface area contributed by atoms with Crippen LogP contribution >= 0.6 is 11.3 Å². The first-order chi connectivity index (χ1) is 15.9. The largest absolute Gasteiger partial charge is 0.289 e. The van der Waals surface area contributed by atoms with Gasteiger partial charge in [0, 0.05) is 59.0 Å². The van der Waals surface area contributed by atoms with Gasteiger partial charge in [0.25, 0.3) is 0 Å². The zero-order valence-corrected chi connectivity index (χ0v) is 19.2. The van der Waals surface area contributed by atoms with Crippen LogP contribution in [0.2, 0.25) is 0 Å². The maximum atomic E-state index is 13.4. The number of thiazole rings is 1. The molecule has 0 bridgehead atoms. The Balaban J connectivity index is 1.54. The number of aromatic nitrogens is 4. The predicted molar refractivity (Wildman–Crippen MR) is 129 cm³/mol. The molecule has 1 N–H and O–H groups in total. The van der Waals surface area contributed by atoms with Gasteiger partial charge in [-0.25, -0.2) is 13.1 Å². The molecule has 166 valence electrons. The normalized spacial score (nSPS) is 11.9. The Morgan fingerprint density at radius 1 is 1.03 bits per heavy atom. The van der Waals surface area contributed by atoms with Gasteiger partial charge in [-0.1, -0.05) is 18.2 Å². The van der Waals surface area contributed by atoms with Crippen molar-refractivity contribution in [3.05, 3.63) is 87.4 Å². The summed E-state index contributed by atoms with van der Waals surface area (Å²) in [5.41, 5.74) is 4.22. The van der Waals surface area contributed by atoms with Gasteiger partial charge in [-0.15, -0.1) is 11.3 Å². The van der Waals surface area contributed by atoms with Crippen LogP contribution in [0, 0.1) is 0 Å². The van der Waals surface area contributed by atoms with Crippen molar-refractivity contribution in [2.24, 2.45) is 7.05 Å². The summed E-state index contributed by atoms with van der Waals surface area (Å²) in [6, 6.07) is 10.6. The lowest BCUT2D eigenvalue weighted by atomic mass is 10.1. The van der Waals surface area contributed by atoms with Gasteiger partial charge in [0.2, 0.25) is 10.0 Å². The molecule has 0 fully saturated rings. The second kappa shape index (κ2) is 8.47. The molecule has 0 saturated heterocycles. The first-order valence-electron chi connectivity index (χ1n) is 10.1. The Morgan fingerprint density at radius 3 is 2.64 bits per heavy atom. The zero-order chi connectivity index (χ0) is 23.0. The van der Waals surface area contributed by atoms with Crippen LogP contribution in [-0.4, -0.2) is 28.2 Å². The fourth-order valence-corrected chi connectivity index (χ4v) is 5.37. The van der Waals surface area contributed by atoms with Gasteiger partial charge in [0.05, 0.1) is 23.0 Å². The van der Waals surface area contributed by atoms with Gasteiger partial charge >= 0.3 is 0 Å². The molecule has 0 aliphatic carbocycles. The number of pyridine rings is 1. The smallest absolute Gasteiger partial charge is 0.216 e. The van der Waals surface area contributed by atoms with Gasteiger partial charge < -0.3 is 0 Å². The van der Waals surface area contributed by atoms with Gasteiger partial charge in [-0.3, -0.25) is 19.4 Å². The van der Waals surface area contributed by atoms with E-state index < -0.39 is 10.0 Å². The monoisotopic (exact) mass is 477 g/mol. The highest BCUT2D eigenvalue weighted by Gasteiger charge is 2.14. The minimum Gasteiger partial charge on any atom is -0.289 e. The molecule has 3 heterocycles. The molecule has 33 heavy (non-hydrogen) atoms. The van der Waals surface area contributed by atoms with E-state index in [-0.39, 0.29) is 17.7 Å². The number of sulfonamides is 1. The highest BCUT2D eigenvalue weighted by Crippen LogP contribution is 2.22. The van der Waals surface area contributed by atoms with Crippen LogP contribution in [0.4, 0.5) is 0 Å². The van der Waals surface area contributed by atoms with Crippen LogP contribution < -0.4 is 10.2 Å². The van der Waals surface area contributed by atoms with E-state index in [1.807, 2.05) is 19.3 Å². The molecule has 0 aliphatic rings. The topological polar surface area (TPSA) is 107 Å². The lowest BCUT2D eigenvalue weighted by Gasteiger charge is -2.06. The average molecular weight is 478 g/mol. The van der Waals surface area contributed by atoms with Crippen molar-refractivity contribution >= 4 is 43.0 Å². The van der Waals surface area contributed by atoms with Crippen molar-refractivity contribution in [3.8, 4) is 11.1 Å². The number of hydrogen-bond acceptors (Lipinski definition) is 7. The van der Waals surface area contributed by atoms with Crippen LogP contribution in [0.25, 0.3) is 32.8 Å². The Morgan fingerprint density at radius 2 is 1.88 bits per heavy atom. The quantitative estimate of drug-likeness (QED) is 0.402. The highest BCUT2D eigenvalue weighted by atomic mass is 32.2. The molecule has 0 spiro atoms. The average Bonchev–Trinajstić information content (AvgIpc) is 3.45. The number of fused-ring (bicyclic) bond motifs is 2. The SMILES string of the molecule is Cn1cc(-c2cnc3ccc4ccc(CS(=O)(=O)NCc5cncs5)cc4c(=O)c3c2)cn1. The Hall–Kier alpha value is -3.47. The summed E-state index contributed by atoms with van der Waals surface area (Å²) >= 11 is 1.38. The number of nitrogens with zero attached hydrogens (tertiary/aromatic N) is 4. The summed E-state index contributed by atoms with van der Waals surface area (Å²) in [6.07, 6.45) is 6.93. The van der Waals surface area contributed by atoms with Gasteiger partial charge in [-0.2, -0.15) is 5.10 Å². The van der Waals surface area contributed by atoms with Crippen molar-refractivity contribution < 1.29 is 8.42 Å². The summed E-state index contributed by atoms with van der Waals surface area (Å²) in [5.74, 6) is -0.225. The number of nitrogens with one attached hydrogen (secondary N) is 1. The molecule has 0 radical (unpaired) electrons. The van der Waals surface area contributed by atoms with E-state index in [2.05, 4.69) is 19.8 Å². The maximum absolute atomic E-state index is 13.4. The fourth-order valence-electron chi connectivity index (χ4n) is 3.65. The fraction of sp³-hybridized carbons (Fsp3) is 0.130. The van der Waals surface area contributed by atoms with E-state index in [1.54, 1.807) is 59.1 Å². The van der Waals surface area contributed by atoms with Crippen molar-refractivity contribution in [1.29, 1.82) is 0 Å². The standard InChI is InChI=1S/C23H19N5O3S2/c1-28-12-18(9-26-28)17-7-21-22(25-8-17)5-4-16-3-2-15(6-20(16)23(21)29)13-33(30,31)27-11-19-10-24-14-32-19/h2-10,12,14,27H,11,13H2,1H3. The Bertz CT molecular complexity index is 1640. The molecule has 8 nitrogen and oxygen atoms in total. The van der Waals surface area contributed by atoms with E-state index in [9.17, 15) is 13.2 Å². The predicted octanol–water partition coefficient (Wildman–Crippen LogP) is 3.22. The summed E-state index contributed by atoms with van der Waals surface area (Å²) < 4.78 is 29.4. The molecule has 0 aliphatic heterocycles. The minimum absolute atomic E-state index is 0.190. The molecular formula is C23H19N5O3S2. The minimum atomic E-state index is -3.59. The molecule has 5 aromatic rings. The molecule has 0 atom stereocenters. The number of rotatable bonds is 6. The van der Waals surface area contributed by atoms with Crippen molar-refractivity contribution in [3.63, 3.8) is 0 Å². The zero-order valence-electron chi connectivity index (χ0n) is 17.6. The molecule has 0 amide bonds. The Kier molecular flexibility index (Phi) is 5.49. The van der Waals surface area contributed by atoms with Crippen molar-refractivity contribution in [2.45, 2.75) is 12.3 Å². The van der Waals surface area contributed by atoms with E-state index in [1.165, 1.54) is 11.3 Å². The number of benzene rings is 1. The van der Waals surface area contributed by atoms with Gasteiger partial charge in [0.15, 0.2) is 5.43 Å². The first-order valence-corrected chi connectivity index (χ1v) is 12.6. The second-order valence-corrected chi connectivity index (χ2v) is 10.5. The van der Waals surface area contributed by atoms with Crippen LogP contribution in [0.1, 0.15) is 10.4 Å². The summed E-state index contributed by atoms with van der Waals surface area (Å²) in [5, 5.41) is 5.82. The van der Waals surface area contributed by atoms with Crippen molar-refractivity contribution in [1.82, 2.24) is 24.5 Å². The summed E-state index contributed by atoms with van der Waals surface area (Å²) in [7, 11) is -1.76. The lowest BCUT2D eigenvalue weighted by Crippen LogP contribution is -2.24. The molecule has 5 rings (SSSR count). The Labute approximate surface area is 193 Å². The molecule has 3 aromatic heterocycles.